The van der Waals surface area contributed by atoms with Gasteiger partial charge in [0.05, 0.1) is 23.7 Å². The van der Waals surface area contributed by atoms with Crippen molar-refractivity contribution in [2.24, 2.45) is 5.92 Å². The van der Waals surface area contributed by atoms with E-state index in [-0.39, 0.29) is 40.1 Å². The topological polar surface area (TPSA) is 106 Å². The van der Waals surface area contributed by atoms with E-state index in [4.69, 9.17) is 14.2 Å². The number of anilines is 1. The Labute approximate surface area is 201 Å². The Hall–Kier alpha value is -2.82. The molecule has 10 heteroatoms. The molecule has 9 nitrogen and oxygen atoms in total. The van der Waals surface area contributed by atoms with Crippen LogP contribution < -0.4 is 19.5 Å². The van der Waals surface area contributed by atoms with Crippen molar-refractivity contribution in [3.63, 3.8) is 0 Å². The SMILES string of the molecule is COc1cccc(S(=O)(=O)Nc2ccc3c(c2)C(=O)N(C)C[C@@H](OC)[C@@H](C)CN[C@@H](C)CO3)c1. The molecule has 2 aromatic rings. The molecule has 34 heavy (non-hydrogen) atoms. The van der Waals surface area contributed by atoms with E-state index in [1.54, 1.807) is 43.3 Å². The molecule has 0 unspecified atom stereocenters. The molecule has 0 radical (unpaired) electrons. The molecular formula is C24H33N3O6S. The lowest BCUT2D eigenvalue weighted by Gasteiger charge is -2.30. The molecule has 2 aromatic carbocycles. The number of carbonyl (C=O) groups is 1. The first kappa shape index (κ1) is 25.8. The van der Waals surface area contributed by atoms with E-state index in [1.807, 2.05) is 6.92 Å². The number of carbonyl (C=O) groups excluding carboxylic acids is 1. The highest BCUT2D eigenvalue weighted by molar-refractivity contribution is 7.92. The van der Waals surface area contributed by atoms with Crippen molar-refractivity contribution in [3.8, 4) is 11.5 Å². The van der Waals surface area contributed by atoms with Gasteiger partial charge in [0, 0.05) is 45.0 Å². The Kier molecular flexibility index (Phi) is 8.40. The molecule has 0 aromatic heterocycles. The molecule has 1 heterocycles. The molecule has 0 spiro atoms. The molecule has 2 N–H and O–H groups in total. The minimum Gasteiger partial charge on any atom is -0.497 e. The molecular weight excluding hydrogens is 458 g/mol. The highest BCUT2D eigenvalue weighted by Gasteiger charge is 2.26. The number of hydrogen-bond acceptors (Lipinski definition) is 7. The average molecular weight is 492 g/mol. The summed E-state index contributed by atoms with van der Waals surface area (Å²) in [5.41, 5.74) is 0.519. The average Bonchev–Trinajstić information content (AvgIpc) is 2.83. The zero-order chi connectivity index (χ0) is 24.9. The Balaban J connectivity index is 1.94. The summed E-state index contributed by atoms with van der Waals surface area (Å²) in [7, 11) is 0.901. The van der Waals surface area contributed by atoms with Crippen LogP contribution in [0.4, 0.5) is 5.69 Å². The number of nitrogens with zero attached hydrogens (tertiary/aromatic N) is 1. The molecule has 0 saturated heterocycles. The molecule has 186 valence electrons. The van der Waals surface area contributed by atoms with E-state index in [0.29, 0.717) is 24.7 Å². The van der Waals surface area contributed by atoms with Crippen LogP contribution in [0.3, 0.4) is 0 Å². The van der Waals surface area contributed by atoms with E-state index in [1.165, 1.54) is 25.3 Å². The molecule has 1 aliphatic heterocycles. The van der Waals surface area contributed by atoms with Crippen molar-refractivity contribution in [1.29, 1.82) is 0 Å². The van der Waals surface area contributed by atoms with Crippen LogP contribution in [0.25, 0.3) is 0 Å². The van der Waals surface area contributed by atoms with Crippen LogP contribution >= 0.6 is 0 Å². The second kappa shape index (κ2) is 11.1. The lowest BCUT2D eigenvalue weighted by atomic mass is 10.0. The predicted octanol–water partition coefficient (Wildman–Crippen LogP) is 2.59. The van der Waals surface area contributed by atoms with Gasteiger partial charge in [0.2, 0.25) is 0 Å². The maximum atomic E-state index is 13.4. The summed E-state index contributed by atoms with van der Waals surface area (Å²) in [5, 5.41) is 3.43. The Morgan fingerprint density at radius 3 is 2.62 bits per heavy atom. The lowest BCUT2D eigenvalue weighted by molar-refractivity contribution is 0.0281. The molecule has 3 rings (SSSR count). The van der Waals surface area contributed by atoms with E-state index in [9.17, 15) is 13.2 Å². The second-order valence-corrected chi connectivity index (χ2v) is 10.2. The summed E-state index contributed by atoms with van der Waals surface area (Å²) < 4.78 is 45.1. The van der Waals surface area contributed by atoms with Crippen molar-refractivity contribution in [1.82, 2.24) is 10.2 Å². The number of benzene rings is 2. The van der Waals surface area contributed by atoms with Crippen molar-refractivity contribution < 1.29 is 27.4 Å². The van der Waals surface area contributed by atoms with Crippen LogP contribution in [0.15, 0.2) is 47.4 Å². The van der Waals surface area contributed by atoms with Gasteiger partial charge in [-0.1, -0.05) is 13.0 Å². The van der Waals surface area contributed by atoms with Crippen LogP contribution in [-0.2, 0) is 14.8 Å². The maximum Gasteiger partial charge on any atom is 0.262 e. The van der Waals surface area contributed by atoms with Crippen LogP contribution in [0, 0.1) is 5.92 Å². The first-order valence-electron chi connectivity index (χ1n) is 11.1. The first-order valence-corrected chi connectivity index (χ1v) is 12.6. The minimum absolute atomic E-state index is 0.0475. The number of likely N-dealkylation sites (N-methyl/N-ethyl adjacent to an activating group) is 1. The van der Waals surface area contributed by atoms with E-state index < -0.39 is 10.0 Å². The third kappa shape index (κ3) is 6.19. The fraction of sp³-hybridized carbons (Fsp3) is 0.458. The second-order valence-electron chi connectivity index (χ2n) is 8.55. The van der Waals surface area contributed by atoms with Gasteiger partial charge < -0.3 is 24.4 Å². The third-order valence-electron chi connectivity index (χ3n) is 5.83. The number of rotatable bonds is 5. The molecule has 0 fully saturated rings. The Bertz CT molecular complexity index is 1110. The normalized spacial score (nSPS) is 22.1. The summed E-state index contributed by atoms with van der Waals surface area (Å²) in [6.45, 7) is 5.53. The number of amides is 1. The third-order valence-corrected chi connectivity index (χ3v) is 7.21. The van der Waals surface area contributed by atoms with Gasteiger partial charge in [-0.2, -0.15) is 0 Å². The maximum absolute atomic E-state index is 13.4. The van der Waals surface area contributed by atoms with Crippen molar-refractivity contribution in [2.75, 3.05) is 45.7 Å². The summed E-state index contributed by atoms with van der Waals surface area (Å²) >= 11 is 0. The van der Waals surface area contributed by atoms with Crippen LogP contribution in [-0.4, -0.2) is 72.3 Å². The predicted molar refractivity (Wildman–Crippen MR) is 130 cm³/mol. The fourth-order valence-electron chi connectivity index (χ4n) is 3.71. The van der Waals surface area contributed by atoms with Gasteiger partial charge in [0.25, 0.3) is 15.9 Å². The number of nitrogens with one attached hydrogen (secondary N) is 2. The van der Waals surface area contributed by atoms with Gasteiger partial charge in [-0.25, -0.2) is 8.42 Å². The highest BCUT2D eigenvalue weighted by Crippen LogP contribution is 2.27. The summed E-state index contributed by atoms with van der Waals surface area (Å²) in [4.78, 5) is 15.0. The molecule has 0 saturated carbocycles. The number of fused-ring (bicyclic) bond motifs is 1. The monoisotopic (exact) mass is 491 g/mol. The van der Waals surface area contributed by atoms with Crippen molar-refractivity contribution >= 4 is 21.6 Å². The number of hydrogen-bond donors (Lipinski definition) is 2. The number of methoxy groups -OCH3 is 2. The first-order chi connectivity index (χ1) is 16.1. The van der Waals surface area contributed by atoms with Gasteiger partial charge in [-0.3, -0.25) is 9.52 Å². The van der Waals surface area contributed by atoms with Gasteiger partial charge in [-0.15, -0.1) is 0 Å². The van der Waals surface area contributed by atoms with Gasteiger partial charge in [0.15, 0.2) is 0 Å². The zero-order valence-electron chi connectivity index (χ0n) is 20.2. The summed E-state index contributed by atoms with van der Waals surface area (Å²) in [5.74, 6) is 0.697. The Morgan fingerprint density at radius 2 is 1.91 bits per heavy atom. The molecule has 3 atom stereocenters. The van der Waals surface area contributed by atoms with Crippen molar-refractivity contribution in [3.05, 3.63) is 48.0 Å². The van der Waals surface area contributed by atoms with Crippen LogP contribution in [0.2, 0.25) is 0 Å². The number of sulfonamides is 1. The molecule has 0 aliphatic carbocycles. The van der Waals surface area contributed by atoms with Crippen LogP contribution in [0.5, 0.6) is 11.5 Å². The summed E-state index contributed by atoms with van der Waals surface area (Å²) in [6.07, 6.45) is -0.160. The quantitative estimate of drug-likeness (QED) is 0.662. The number of ether oxygens (including phenoxy) is 3. The highest BCUT2D eigenvalue weighted by atomic mass is 32.2. The molecule has 1 aliphatic rings. The van der Waals surface area contributed by atoms with Crippen molar-refractivity contribution in [2.45, 2.75) is 30.9 Å². The van der Waals surface area contributed by atoms with Crippen LogP contribution in [0.1, 0.15) is 24.2 Å². The lowest BCUT2D eigenvalue weighted by Crippen LogP contribution is -2.44. The van der Waals surface area contributed by atoms with E-state index in [2.05, 4.69) is 17.0 Å². The zero-order valence-corrected chi connectivity index (χ0v) is 21.0. The Morgan fingerprint density at radius 1 is 1.15 bits per heavy atom. The smallest absolute Gasteiger partial charge is 0.262 e. The van der Waals surface area contributed by atoms with Gasteiger partial charge in [-0.05, 0) is 43.2 Å². The molecule has 0 bridgehead atoms. The minimum atomic E-state index is -3.90. The van der Waals surface area contributed by atoms with E-state index in [0.717, 1.165) is 6.54 Å². The van der Waals surface area contributed by atoms with Gasteiger partial charge >= 0.3 is 0 Å². The fourth-order valence-corrected chi connectivity index (χ4v) is 4.79. The largest absolute Gasteiger partial charge is 0.497 e. The summed E-state index contributed by atoms with van der Waals surface area (Å²) in [6, 6.07) is 10.9. The van der Waals surface area contributed by atoms with E-state index >= 15 is 0 Å². The standard InChI is InChI=1S/C24H33N3O6S/c1-16-13-25-17(2)15-33-22-10-9-18(11-21(22)24(28)27(3)14-23(16)32-5)26-34(29,30)20-8-6-7-19(12-20)31-4/h6-12,16-17,23,25-26H,13-15H2,1-5H3/t16-,17-,23+/m0/s1. The van der Waals surface area contributed by atoms with Gasteiger partial charge in [0.1, 0.15) is 18.1 Å². The molecule has 1 amide bonds.